The molecule has 3 nitrogen and oxygen atoms in total. The number of fused-ring (bicyclic) bond motifs is 4. The van der Waals surface area contributed by atoms with Gasteiger partial charge in [-0.15, -0.1) is 11.3 Å². The standard InChI is InChI=1S/C28H18Br2N2OS2/c29-23-10-17(11-24(30)27(23)33)14-31-20-6-8-25-26(13-20)35-28(32-25)34-15-16-5-7-22-19(9-16)12-18-3-1-2-4-21(18)22/h1-11,13-14,33H,12,15H2. The van der Waals surface area contributed by atoms with Gasteiger partial charge in [0.1, 0.15) is 5.75 Å². The maximum Gasteiger partial charge on any atom is 0.151 e. The molecule has 0 fully saturated rings. The smallest absolute Gasteiger partial charge is 0.151 e. The number of benzene rings is 4. The average Bonchev–Trinajstić information content (AvgIpc) is 3.44. The summed E-state index contributed by atoms with van der Waals surface area (Å²) in [6.07, 6.45) is 2.81. The van der Waals surface area contributed by atoms with Crippen molar-refractivity contribution in [2.75, 3.05) is 0 Å². The largest absolute Gasteiger partial charge is 0.506 e. The summed E-state index contributed by atoms with van der Waals surface area (Å²) in [4.78, 5) is 9.43. The van der Waals surface area contributed by atoms with Crippen molar-refractivity contribution < 1.29 is 5.11 Å². The number of phenols is 1. The number of rotatable bonds is 5. The lowest BCUT2D eigenvalue weighted by molar-refractivity contribution is 0.468. The normalized spacial score (nSPS) is 12.4. The van der Waals surface area contributed by atoms with Crippen LogP contribution in [0.3, 0.4) is 0 Å². The zero-order valence-electron chi connectivity index (χ0n) is 18.3. The van der Waals surface area contributed by atoms with Gasteiger partial charge in [0, 0.05) is 12.0 Å². The predicted octanol–water partition coefficient (Wildman–Crippen LogP) is 9.14. The van der Waals surface area contributed by atoms with Crippen molar-refractivity contribution in [3.63, 3.8) is 0 Å². The van der Waals surface area contributed by atoms with Gasteiger partial charge in [-0.1, -0.05) is 54.2 Å². The van der Waals surface area contributed by atoms with Gasteiger partial charge in [0.25, 0.3) is 0 Å². The van der Waals surface area contributed by atoms with E-state index in [2.05, 4.69) is 85.4 Å². The Morgan fingerprint density at radius 1 is 0.943 bits per heavy atom. The molecule has 0 unspecified atom stereocenters. The minimum Gasteiger partial charge on any atom is -0.506 e. The van der Waals surface area contributed by atoms with E-state index in [4.69, 9.17) is 4.98 Å². The molecule has 7 heteroatoms. The van der Waals surface area contributed by atoms with Crippen LogP contribution in [0.5, 0.6) is 5.75 Å². The Labute approximate surface area is 228 Å². The second-order valence-corrected chi connectivity index (χ2v) is 12.3. The van der Waals surface area contributed by atoms with E-state index < -0.39 is 0 Å². The number of thiazole rings is 1. The number of thioether (sulfide) groups is 1. The first kappa shape index (κ1) is 23.0. The highest BCUT2D eigenvalue weighted by atomic mass is 79.9. The molecular formula is C28H18Br2N2OS2. The Kier molecular flexibility index (Phi) is 6.26. The molecule has 0 saturated heterocycles. The molecule has 0 amide bonds. The van der Waals surface area contributed by atoms with Crippen molar-refractivity contribution in [3.8, 4) is 16.9 Å². The number of phenolic OH excluding ortho intramolecular Hbond substituents is 1. The Bertz CT molecular complexity index is 1600. The minimum atomic E-state index is 0.184. The number of hydrogen-bond acceptors (Lipinski definition) is 5. The Morgan fingerprint density at radius 2 is 1.74 bits per heavy atom. The van der Waals surface area contributed by atoms with Crippen LogP contribution in [0.4, 0.5) is 5.69 Å². The second-order valence-electron chi connectivity index (χ2n) is 8.34. The van der Waals surface area contributed by atoms with E-state index in [-0.39, 0.29) is 5.75 Å². The molecule has 6 rings (SSSR count). The van der Waals surface area contributed by atoms with Crippen LogP contribution in [0, 0.1) is 0 Å². The molecular weight excluding hydrogens is 604 g/mol. The van der Waals surface area contributed by atoms with Crippen molar-refractivity contribution in [2.24, 2.45) is 4.99 Å². The average molecular weight is 622 g/mol. The molecule has 4 aromatic carbocycles. The van der Waals surface area contributed by atoms with Gasteiger partial charge in [-0.2, -0.15) is 0 Å². The van der Waals surface area contributed by atoms with Crippen LogP contribution < -0.4 is 0 Å². The first-order valence-corrected chi connectivity index (χ1v) is 14.4. The highest BCUT2D eigenvalue weighted by molar-refractivity contribution is 9.11. The number of aromatic nitrogens is 1. The van der Waals surface area contributed by atoms with Crippen LogP contribution in [0.2, 0.25) is 0 Å². The lowest BCUT2D eigenvalue weighted by Crippen LogP contribution is -1.85. The highest BCUT2D eigenvalue weighted by Crippen LogP contribution is 2.39. The van der Waals surface area contributed by atoms with Crippen molar-refractivity contribution in [3.05, 3.63) is 104 Å². The Morgan fingerprint density at radius 3 is 2.60 bits per heavy atom. The lowest BCUT2D eigenvalue weighted by Gasteiger charge is -2.04. The maximum atomic E-state index is 9.89. The van der Waals surface area contributed by atoms with E-state index in [1.807, 2.05) is 24.3 Å². The summed E-state index contributed by atoms with van der Waals surface area (Å²) < 4.78 is 3.44. The molecule has 1 aliphatic carbocycles. The fourth-order valence-electron chi connectivity index (χ4n) is 4.28. The first-order valence-electron chi connectivity index (χ1n) is 11.0. The third-order valence-electron chi connectivity index (χ3n) is 5.97. The summed E-state index contributed by atoms with van der Waals surface area (Å²) in [5.74, 6) is 1.09. The van der Waals surface area contributed by atoms with Crippen molar-refractivity contribution >= 4 is 77.1 Å². The van der Waals surface area contributed by atoms with Crippen LogP contribution in [-0.2, 0) is 12.2 Å². The number of halogens is 2. The van der Waals surface area contributed by atoms with Crippen LogP contribution in [0.15, 0.2) is 91.1 Å². The molecule has 0 bridgehead atoms. The van der Waals surface area contributed by atoms with Gasteiger partial charge < -0.3 is 5.11 Å². The topological polar surface area (TPSA) is 45.5 Å². The molecule has 172 valence electrons. The van der Waals surface area contributed by atoms with Gasteiger partial charge in [-0.3, -0.25) is 4.99 Å². The van der Waals surface area contributed by atoms with Gasteiger partial charge >= 0.3 is 0 Å². The predicted molar refractivity (Wildman–Crippen MR) is 155 cm³/mol. The van der Waals surface area contributed by atoms with E-state index in [0.29, 0.717) is 8.95 Å². The van der Waals surface area contributed by atoms with Gasteiger partial charge in [-0.25, -0.2) is 4.98 Å². The lowest BCUT2D eigenvalue weighted by atomic mass is 10.0. The summed E-state index contributed by atoms with van der Waals surface area (Å²) in [6, 6.07) is 25.3. The zero-order valence-corrected chi connectivity index (χ0v) is 23.1. The molecule has 0 aliphatic heterocycles. The second kappa shape index (κ2) is 9.54. The zero-order chi connectivity index (χ0) is 23.9. The third kappa shape index (κ3) is 4.70. The Hall–Kier alpha value is -2.45. The molecule has 0 radical (unpaired) electrons. The number of aliphatic imine (C=N–C) groups is 1. The van der Waals surface area contributed by atoms with Crippen molar-refractivity contribution in [2.45, 2.75) is 16.5 Å². The third-order valence-corrected chi connectivity index (χ3v) is 9.42. The van der Waals surface area contributed by atoms with Gasteiger partial charge in [0.2, 0.25) is 0 Å². The van der Waals surface area contributed by atoms with E-state index in [9.17, 15) is 5.11 Å². The summed E-state index contributed by atoms with van der Waals surface area (Å²) in [5.41, 5.74) is 9.67. The fraction of sp³-hybridized carbons (Fsp3) is 0.0714. The summed E-state index contributed by atoms with van der Waals surface area (Å²) in [7, 11) is 0. The molecule has 1 aliphatic rings. The Balaban J connectivity index is 1.16. The van der Waals surface area contributed by atoms with Gasteiger partial charge in [0.05, 0.1) is 24.8 Å². The first-order chi connectivity index (χ1) is 17.0. The van der Waals surface area contributed by atoms with Crippen LogP contribution in [0.1, 0.15) is 22.3 Å². The SMILES string of the molecule is Oc1c(Br)cc(C=Nc2ccc3nc(SCc4ccc5c(c4)Cc4ccccc4-5)sc3c2)cc1Br. The number of hydrogen-bond donors (Lipinski definition) is 1. The van der Waals surface area contributed by atoms with Crippen LogP contribution >= 0.6 is 55.0 Å². The highest BCUT2D eigenvalue weighted by Gasteiger charge is 2.18. The number of nitrogens with zero attached hydrogens (tertiary/aromatic N) is 2. The van der Waals surface area contributed by atoms with E-state index >= 15 is 0 Å². The van der Waals surface area contributed by atoms with Gasteiger partial charge in [0.15, 0.2) is 4.34 Å². The quantitative estimate of drug-likeness (QED) is 0.154. The van der Waals surface area contributed by atoms with Gasteiger partial charge in [-0.05, 0) is 102 Å². The molecule has 1 heterocycles. The van der Waals surface area contributed by atoms with Crippen LogP contribution in [-0.4, -0.2) is 16.3 Å². The minimum absolute atomic E-state index is 0.184. The fourth-order valence-corrected chi connectivity index (χ4v) is 7.54. The van der Waals surface area contributed by atoms with Crippen LogP contribution in [0.25, 0.3) is 21.3 Å². The van der Waals surface area contributed by atoms with Crippen molar-refractivity contribution in [1.82, 2.24) is 4.98 Å². The molecule has 0 spiro atoms. The molecule has 1 N–H and O–H groups in total. The molecule has 0 saturated carbocycles. The maximum absolute atomic E-state index is 9.89. The summed E-state index contributed by atoms with van der Waals surface area (Å²) in [5, 5.41) is 9.89. The molecule has 1 aromatic heterocycles. The monoisotopic (exact) mass is 620 g/mol. The molecule has 35 heavy (non-hydrogen) atoms. The molecule has 0 atom stereocenters. The van der Waals surface area contributed by atoms with Crippen molar-refractivity contribution in [1.29, 1.82) is 0 Å². The molecule has 5 aromatic rings. The van der Waals surface area contributed by atoms with E-state index in [1.165, 1.54) is 27.8 Å². The summed E-state index contributed by atoms with van der Waals surface area (Å²) >= 11 is 10.2. The number of aromatic hydroxyl groups is 1. The van der Waals surface area contributed by atoms with E-state index in [1.54, 1.807) is 29.3 Å². The summed E-state index contributed by atoms with van der Waals surface area (Å²) in [6.45, 7) is 0. The van der Waals surface area contributed by atoms with E-state index in [0.717, 1.165) is 38.0 Å².